The van der Waals surface area contributed by atoms with Crippen LogP contribution in [0.5, 0.6) is 0 Å². The molecule has 0 aliphatic rings. The van der Waals surface area contributed by atoms with Gasteiger partial charge in [0, 0.05) is 36.4 Å². The number of halogens is 1. The van der Waals surface area contributed by atoms with E-state index in [2.05, 4.69) is 35.2 Å². The van der Waals surface area contributed by atoms with Gasteiger partial charge in [-0.15, -0.1) is 0 Å². The van der Waals surface area contributed by atoms with Gasteiger partial charge in [0.05, 0.1) is 6.07 Å². The molecule has 3 nitrogen and oxygen atoms in total. The first-order valence-corrected chi connectivity index (χ1v) is 8.12. The van der Waals surface area contributed by atoms with Crippen molar-refractivity contribution >= 4 is 29.4 Å². The van der Waals surface area contributed by atoms with E-state index < -0.39 is 0 Å². The number of hydrogen-bond acceptors (Lipinski definition) is 2. The minimum atomic E-state index is 0.718. The van der Waals surface area contributed by atoms with Crippen LogP contribution in [0.4, 0.5) is 5.69 Å². The predicted molar refractivity (Wildman–Crippen MR) is 100 cm³/mol. The molecular formula is C20H20ClN2O+. The predicted octanol–water partition coefficient (Wildman–Crippen LogP) is 4.66. The number of rotatable bonds is 4. The van der Waals surface area contributed by atoms with Crippen molar-refractivity contribution in [1.29, 1.82) is 0 Å². The van der Waals surface area contributed by atoms with Crippen molar-refractivity contribution in [2.75, 3.05) is 19.0 Å². The van der Waals surface area contributed by atoms with Gasteiger partial charge in [-0.05, 0) is 52.8 Å². The Morgan fingerprint density at radius 2 is 1.62 bits per heavy atom. The lowest BCUT2D eigenvalue weighted by atomic mass is 10.1. The maximum atomic E-state index is 5.93. The lowest BCUT2D eigenvalue weighted by Gasteiger charge is -2.11. The Hall–Kier alpha value is -2.52. The molecule has 0 spiro atoms. The van der Waals surface area contributed by atoms with E-state index in [1.54, 1.807) is 4.74 Å². The average molecular weight is 340 g/mol. The first-order valence-electron chi connectivity index (χ1n) is 7.75. The van der Waals surface area contributed by atoms with E-state index in [-0.39, 0.29) is 0 Å². The van der Waals surface area contributed by atoms with Crippen LogP contribution in [0.15, 0.2) is 59.1 Å². The molecule has 122 valence electrons. The molecule has 0 atom stereocenters. The molecule has 0 radical (unpaired) electrons. The van der Waals surface area contributed by atoms with Crippen molar-refractivity contribution in [3.05, 3.63) is 70.9 Å². The molecule has 0 saturated carbocycles. The van der Waals surface area contributed by atoms with E-state index in [0.717, 1.165) is 27.6 Å². The van der Waals surface area contributed by atoms with E-state index in [1.165, 1.54) is 5.69 Å². The molecular weight excluding hydrogens is 320 g/mol. The van der Waals surface area contributed by atoms with Gasteiger partial charge in [-0.1, -0.05) is 23.7 Å². The molecule has 1 aromatic heterocycles. The minimum absolute atomic E-state index is 0.718. The van der Waals surface area contributed by atoms with Crippen molar-refractivity contribution in [1.82, 2.24) is 0 Å². The van der Waals surface area contributed by atoms with Gasteiger partial charge in [0.1, 0.15) is 0 Å². The molecule has 0 fully saturated rings. The quantitative estimate of drug-likeness (QED) is 0.644. The summed E-state index contributed by atoms with van der Waals surface area (Å²) in [6.07, 6.45) is 4.13. The summed E-state index contributed by atoms with van der Waals surface area (Å²) in [6.45, 7) is 0. The second-order valence-electron chi connectivity index (χ2n) is 5.85. The van der Waals surface area contributed by atoms with Gasteiger partial charge in [0.15, 0.2) is 7.05 Å². The van der Waals surface area contributed by atoms with Crippen molar-refractivity contribution in [3.8, 4) is 11.3 Å². The SMILES string of the molecule is CN(C)c1ccc(/C=C/c2cc(-c3ccc(Cl)cc3)o[n+]2C)cc1. The van der Waals surface area contributed by atoms with Crippen molar-refractivity contribution < 1.29 is 9.26 Å². The van der Waals surface area contributed by atoms with E-state index >= 15 is 0 Å². The van der Waals surface area contributed by atoms with Crippen LogP contribution in [0, 0.1) is 0 Å². The Morgan fingerprint density at radius 3 is 2.25 bits per heavy atom. The highest BCUT2D eigenvalue weighted by atomic mass is 35.5. The summed E-state index contributed by atoms with van der Waals surface area (Å²) in [5, 5.41) is 0.718. The summed E-state index contributed by atoms with van der Waals surface area (Å²) in [7, 11) is 5.97. The summed E-state index contributed by atoms with van der Waals surface area (Å²) >= 11 is 5.93. The van der Waals surface area contributed by atoms with Crippen LogP contribution in [-0.2, 0) is 7.05 Å². The van der Waals surface area contributed by atoms with Gasteiger partial charge < -0.3 is 4.90 Å². The summed E-state index contributed by atoms with van der Waals surface area (Å²) < 4.78 is 7.55. The van der Waals surface area contributed by atoms with Gasteiger partial charge in [0.25, 0.3) is 5.69 Å². The van der Waals surface area contributed by atoms with Gasteiger partial charge in [0.2, 0.25) is 5.76 Å². The van der Waals surface area contributed by atoms with Crippen molar-refractivity contribution in [3.63, 3.8) is 0 Å². The molecule has 3 rings (SSSR count). The first kappa shape index (κ1) is 16.3. The molecule has 0 bridgehead atoms. The number of aryl methyl sites for hydroxylation is 1. The zero-order chi connectivity index (χ0) is 17.1. The summed E-state index contributed by atoms with van der Waals surface area (Å²) in [4.78, 5) is 2.09. The molecule has 4 heteroatoms. The van der Waals surface area contributed by atoms with Crippen LogP contribution >= 0.6 is 11.6 Å². The topological polar surface area (TPSA) is 20.3 Å². The molecule has 0 amide bonds. The van der Waals surface area contributed by atoms with Gasteiger partial charge in [-0.3, -0.25) is 0 Å². The number of hydrogen-bond donors (Lipinski definition) is 0. The van der Waals surface area contributed by atoms with Gasteiger partial charge >= 0.3 is 0 Å². The fraction of sp³-hybridized carbons (Fsp3) is 0.150. The average Bonchev–Trinajstić information content (AvgIpc) is 2.95. The highest BCUT2D eigenvalue weighted by Crippen LogP contribution is 2.22. The highest BCUT2D eigenvalue weighted by molar-refractivity contribution is 6.30. The first-order chi connectivity index (χ1) is 11.5. The van der Waals surface area contributed by atoms with Gasteiger partial charge in [-0.2, -0.15) is 0 Å². The molecule has 0 aliphatic heterocycles. The third kappa shape index (κ3) is 3.69. The van der Waals surface area contributed by atoms with Crippen LogP contribution in [0.1, 0.15) is 11.3 Å². The Morgan fingerprint density at radius 1 is 0.958 bits per heavy atom. The number of nitrogens with zero attached hydrogens (tertiary/aromatic N) is 2. The van der Waals surface area contributed by atoms with E-state index in [9.17, 15) is 0 Å². The van der Waals surface area contributed by atoms with Crippen molar-refractivity contribution in [2.24, 2.45) is 7.05 Å². The third-order valence-corrected chi connectivity index (χ3v) is 4.11. The number of benzene rings is 2. The maximum absolute atomic E-state index is 5.93. The van der Waals surface area contributed by atoms with E-state index in [1.807, 2.05) is 57.6 Å². The molecule has 3 aromatic rings. The molecule has 0 saturated heterocycles. The number of anilines is 1. The van der Waals surface area contributed by atoms with Crippen LogP contribution in [0.2, 0.25) is 5.02 Å². The molecule has 24 heavy (non-hydrogen) atoms. The Bertz CT molecular complexity index is 846. The highest BCUT2D eigenvalue weighted by Gasteiger charge is 2.14. The molecule has 0 unspecified atom stereocenters. The largest absolute Gasteiger partial charge is 0.378 e. The zero-order valence-corrected chi connectivity index (χ0v) is 14.8. The Balaban J connectivity index is 1.81. The molecule has 2 aromatic carbocycles. The molecule has 0 N–H and O–H groups in total. The third-order valence-electron chi connectivity index (χ3n) is 3.86. The molecule has 0 aliphatic carbocycles. The summed E-state index contributed by atoms with van der Waals surface area (Å²) in [5.74, 6) is 0.816. The smallest absolute Gasteiger partial charge is 0.255 e. The van der Waals surface area contributed by atoms with Crippen LogP contribution in [0.25, 0.3) is 23.5 Å². The Kier molecular flexibility index (Phi) is 4.72. The van der Waals surface area contributed by atoms with E-state index in [4.69, 9.17) is 16.1 Å². The maximum Gasteiger partial charge on any atom is 0.255 e. The van der Waals surface area contributed by atoms with Crippen LogP contribution < -0.4 is 9.64 Å². The fourth-order valence-corrected chi connectivity index (χ4v) is 2.55. The second kappa shape index (κ2) is 6.93. The van der Waals surface area contributed by atoms with Gasteiger partial charge in [-0.25, -0.2) is 4.52 Å². The standard InChI is InChI=1S/C20H20ClN2O/c1-22(2)18-11-4-15(5-12-18)6-13-19-14-20(24-23(19)3)16-7-9-17(21)10-8-16/h4-14H,1-3H3/q+1. The van der Waals surface area contributed by atoms with Crippen LogP contribution in [0.3, 0.4) is 0 Å². The van der Waals surface area contributed by atoms with Crippen LogP contribution in [-0.4, -0.2) is 14.1 Å². The second-order valence-corrected chi connectivity index (χ2v) is 6.28. The monoisotopic (exact) mass is 339 g/mol. The summed E-state index contributed by atoms with van der Waals surface area (Å²) in [5.41, 5.74) is 4.34. The lowest BCUT2D eigenvalue weighted by molar-refractivity contribution is -0.844. The van der Waals surface area contributed by atoms with E-state index in [0.29, 0.717) is 0 Å². The lowest BCUT2D eigenvalue weighted by Crippen LogP contribution is -2.27. The van der Waals surface area contributed by atoms with Crippen molar-refractivity contribution in [2.45, 2.75) is 0 Å². The zero-order valence-electron chi connectivity index (χ0n) is 14.0. The minimum Gasteiger partial charge on any atom is -0.378 e. The fourth-order valence-electron chi connectivity index (χ4n) is 2.42. The molecule has 1 heterocycles. The Labute approximate surface area is 147 Å². The normalized spacial score (nSPS) is 11.2. The number of aromatic nitrogens is 1. The summed E-state index contributed by atoms with van der Waals surface area (Å²) in [6, 6.07) is 18.1.